The summed E-state index contributed by atoms with van der Waals surface area (Å²) >= 11 is 2.25. The van der Waals surface area contributed by atoms with Crippen molar-refractivity contribution in [1.82, 2.24) is 14.8 Å². The molecule has 0 aliphatic heterocycles. The Morgan fingerprint density at radius 2 is 1.73 bits per heavy atom. The maximum atomic E-state index is 12.6. The lowest BCUT2D eigenvalue weighted by molar-refractivity contribution is -0.113. The summed E-state index contributed by atoms with van der Waals surface area (Å²) in [6.45, 7) is 11.3. The molecule has 0 spiro atoms. The van der Waals surface area contributed by atoms with Gasteiger partial charge in [-0.2, -0.15) is 0 Å². The van der Waals surface area contributed by atoms with Crippen molar-refractivity contribution in [1.29, 1.82) is 0 Å². The van der Waals surface area contributed by atoms with Crippen molar-refractivity contribution in [2.75, 3.05) is 24.3 Å². The van der Waals surface area contributed by atoms with E-state index in [-0.39, 0.29) is 46.4 Å². The predicted molar refractivity (Wildman–Crippen MR) is 115 cm³/mol. The summed E-state index contributed by atoms with van der Waals surface area (Å²) in [5.74, 6) is -0.636. The minimum absolute atomic E-state index is 0.0683. The van der Waals surface area contributed by atoms with Crippen LogP contribution in [0.3, 0.4) is 0 Å². The molecule has 1 N–H and O–H groups in total. The number of amides is 1. The van der Waals surface area contributed by atoms with Gasteiger partial charge in [0.25, 0.3) is 0 Å². The van der Waals surface area contributed by atoms with Crippen molar-refractivity contribution in [3.05, 3.63) is 21.8 Å². The SMILES string of the molecule is CCOC(=O)c1sc(NC(=O)CSc2nnc(C)n2C(C)C)c(C(=O)OCC)c1C. The lowest BCUT2D eigenvalue weighted by atomic mass is 10.1. The molecular weight excluding hydrogens is 428 g/mol. The Bertz CT molecular complexity index is 936. The van der Waals surface area contributed by atoms with Crippen molar-refractivity contribution >= 4 is 45.9 Å². The highest BCUT2D eigenvalue weighted by Gasteiger charge is 2.27. The largest absolute Gasteiger partial charge is 0.462 e. The number of nitrogens with one attached hydrogen (secondary N) is 1. The van der Waals surface area contributed by atoms with Crippen molar-refractivity contribution in [3.63, 3.8) is 0 Å². The van der Waals surface area contributed by atoms with E-state index >= 15 is 0 Å². The molecule has 0 bridgehead atoms. The highest BCUT2D eigenvalue weighted by molar-refractivity contribution is 7.99. The zero-order valence-corrected chi connectivity index (χ0v) is 19.5. The average Bonchev–Trinajstić information content (AvgIpc) is 3.20. The van der Waals surface area contributed by atoms with Gasteiger partial charge in [-0.05, 0) is 47.1 Å². The number of thiophene rings is 1. The lowest BCUT2D eigenvalue weighted by Gasteiger charge is -2.11. The molecule has 11 heteroatoms. The maximum absolute atomic E-state index is 12.6. The molecule has 0 unspecified atom stereocenters. The molecule has 0 saturated carbocycles. The smallest absolute Gasteiger partial charge is 0.348 e. The van der Waals surface area contributed by atoms with Crippen molar-refractivity contribution < 1.29 is 23.9 Å². The van der Waals surface area contributed by atoms with E-state index in [1.54, 1.807) is 20.8 Å². The van der Waals surface area contributed by atoms with E-state index in [0.29, 0.717) is 10.7 Å². The summed E-state index contributed by atoms with van der Waals surface area (Å²) in [5, 5.41) is 11.8. The number of ether oxygens (including phenoxy) is 2. The lowest BCUT2D eigenvalue weighted by Crippen LogP contribution is -2.17. The van der Waals surface area contributed by atoms with Crippen LogP contribution in [0.2, 0.25) is 0 Å². The van der Waals surface area contributed by atoms with E-state index in [4.69, 9.17) is 9.47 Å². The Balaban J connectivity index is 2.21. The molecule has 2 aromatic heterocycles. The molecule has 0 aliphatic carbocycles. The topological polar surface area (TPSA) is 112 Å². The Kier molecular flexibility index (Phi) is 8.42. The van der Waals surface area contributed by atoms with Gasteiger partial charge in [-0.25, -0.2) is 9.59 Å². The number of nitrogens with zero attached hydrogens (tertiary/aromatic N) is 3. The Morgan fingerprint density at radius 1 is 1.10 bits per heavy atom. The van der Waals surface area contributed by atoms with Gasteiger partial charge < -0.3 is 19.4 Å². The number of carbonyl (C=O) groups excluding carboxylic acids is 3. The second kappa shape index (κ2) is 10.6. The van der Waals surface area contributed by atoms with Gasteiger partial charge in [0.1, 0.15) is 15.7 Å². The molecule has 0 aliphatic rings. The standard InChI is InChI=1S/C19H26N4O5S2/c1-7-27-17(25)14-11(5)15(18(26)28-8-2)30-16(14)20-13(24)9-29-19-22-21-12(6)23(19)10(3)4/h10H,7-9H2,1-6H3,(H,20,24). The molecule has 0 saturated heterocycles. The first kappa shape index (κ1) is 23.9. The van der Waals surface area contributed by atoms with Gasteiger partial charge in [0.2, 0.25) is 5.91 Å². The number of esters is 2. The molecular formula is C19H26N4O5S2. The first-order chi connectivity index (χ1) is 14.2. The molecule has 164 valence electrons. The third-order valence-corrected chi connectivity index (χ3v) is 6.15. The molecule has 0 aromatic carbocycles. The van der Waals surface area contributed by atoms with E-state index < -0.39 is 11.9 Å². The molecule has 1 amide bonds. The number of aryl methyl sites for hydroxylation is 1. The molecule has 2 rings (SSSR count). The Morgan fingerprint density at radius 3 is 2.33 bits per heavy atom. The summed E-state index contributed by atoms with van der Waals surface area (Å²) in [5.41, 5.74) is 0.597. The monoisotopic (exact) mass is 454 g/mol. The quantitative estimate of drug-likeness (QED) is 0.452. The van der Waals surface area contributed by atoms with Crippen molar-refractivity contribution in [2.45, 2.75) is 52.7 Å². The van der Waals surface area contributed by atoms with Crippen molar-refractivity contribution in [2.24, 2.45) is 0 Å². The summed E-state index contributed by atoms with van der Waals surface area (Å²) in [4.78, 5) is 37.5. The fourth-order valence-electron chi connectivity index (χ4n) is 2.78. The van der Waals surface area contributed by atoms with E-state index in [0.717, 1.165) is 17.2 Å². The number of carbonyl (C=O) groups is 3. The molecule has 9 nitrogen and oxygen atoms in total. The van der Waals surface area contributed by atoms with Gasteiger partial charge in [0.05, 0.1) is 24.5 Å². The van der Waals surface area contributed by atoms with Gasteiger partial charge in [-0.15, -0.1) is 21.5 Å². The number of thioether (sulfide) groups is 1. The van der Waals surface area contributed by atoms with Crippen LogP contribution in [0.25, 0.3) is 0 Å². The van der Waals surface area contributed by atoms with Gasteiger partial charge in [-0.1, -0.05) is 11.8 Å². The fourth-order valence-corrected chi connectivity index (χ4v) is 4.80. The van der Waals surface area contributed by atoms with Crippen LogP contribution < -0.4 is 5.32 Å². The highest BCUT2D eigenvalue weighted by Crippen LogP contribution is 2.34. The van der Waals surface area contributed by atoms with Crippen LogP contribution in [-0.4, -0.2) is 51.6 Å². The van der Waals surface area contributed by atoms with E-state index in [1.807, 2.05) is 25.3 Å². The third kappa shape index (κ3) is 5.39. The van der Waals surface area contributed by atoms with Crippen LogP contribution in [0.5, 0.6) is 0 Å². The second-order valence-electron chi connectivity index (χ2n) is 6.53. The Labute approximate surface area is 183 Å². The maximum Gasteiger partial charge on any atom is 0.348 e. The first-order valence-electron chi connectivity index (χ1n) is 9.52. The van der Waals surface area contributed by atoms with Crippen LogP contribution in [0.4, 0.5) is 5.00 Å². The third-order valence-electron chi connectivity index (χ3n) is 4.02. The van der Waals surface area contributed by atoms with Crippen LogP contribution in [-0.2, 0) is 14.3 Å². The fraction of sp³-hybridized carbons (Fsp3) is 0.526. The van der Waals surface area contributed by atoms with Crippen LogP contribution >= 0.6 is 23.1 Å². The zero-order chi connectivity index (χ0) is 22.4. The molecule has 0 atom stereocenters. The predicted octanol–water partition coefficient (Wildman–Crippen LogP) is 3.62. The molecule has 2 heterocycles. The van der Waals surface area contributed by atoms with Gasteiger partial charge >= 0.3 is 11.9 Å². The van der Waals surface area contributed by atoms with Crippen molar-refractivity contribution in [3.8, 4) is 0 Å². The van der Waals surface area contributed by atoms with Crippen LogP contribution in [0.1, 0.15) is 65.2 Å². The van der Waals surface area contributed by atoms with E-state index in [1.165, 1.54) is 11.8 Å². The van der Waals surface area contributed by atoms with E-state index in [2.05, 4.69) is 15.5 Å². The normalized spacial score (nSPS) is 10.9. The van der Waals surface area contributed by atoms with Gasteiger partial charge in [0.15, 0.2) is 5.16 Å². The first-order valence-corrected chi connectivity index (χ1v) is 11.3. The molecule has 2 aromatic rings. The van der Waals surface area contributed by atoms with Crippen LogP contribution in [0.15, 0.2) is 5.16 Å². The highest BCUT2D eigenvalue weighted by atomic mass is 32.2. The number of hydrogen-bond donors (Lipinski definition) is 1. The zero-order valence-electron chi connectivity index (χ0n) is 17.9. The number of rotatable bonds is 9. The number of aromatic nitrogens is 3. The Hall–Kier alpha value is -2.40. The average molecular weight is 455 g/mol. The minimum atomic E-state index is -0.597. The second-order valence-corrected chi connectivity index (χ2v) is 8.49. The summed E-state index contributed by atoms with van der Waals surface area (Å²) < 4.78 is 12.1. The number of hydrogen-bond acceptors (Lipinski definition) is 9. The summed E-state index contributed by atoms with van der Waals surface area (Å²) in [6.07, 6.45) is 0. The van der Waals surface area contributed by atoms with Gasteiger partial charge in [0, 0.05) is 6.04 Å². The molecule has 30 heavy (non-hydrogen) atoms. The van der Waals surface area contributed by atoms with E-state index in [9.17, 15) is 14.4 Å². The molecule has 0 radical (unpaired) electrons. The molecule has 0 fully saturated rings. The van der Waals surface area contributed by atoms with Crippen LogP contribution in [0, 0.1) is 13.8 Å². The summed E-state index contributed by atoms with van der Waals surface area (Å²) in [6, 6.07) is 0.160. The number of anilines is 1. The summed E-state index contributed by atoms with van der Waals surface area (Å²) in [7, 11) is 0. The van der Waals surface area contributed by atoms with Gasteiger partial charge in [-0.3, -0.25) is 4.79 Å². The minimum Gasteiger partial charge on any atom is -0.462 e.